The first-order valence-electron chi connectivity index (χ1n) is 5.85. The minimum Gasteiger partial charge on any atom is -0.493 e. The van der Waals surface area contributed by atoms with Gasteiger partial charge in [-0.05, 0) is 18.2 Å². The van der Waals surface area contributed by atoms with E-state index in [9.17, 15) is 8.78 Å². The molecule has 0 aliphatic carbocycles. The molecule has 0 saturated carbocycles. The van der Waals surface area contributed by atoms with Crippen molar-refractivity contribution < 1.29 is 23.0 Å². The van der Waals surface area contributed by atoms with Gasteiger partial charge in [-0.15, -0.1) is 0 Å². The minimum atomic E-state index is -2.98. The second kappa shape index (κ2) is 7.25. The lowest BCUT2D eigenvalue weighted by atomic mass is 10.1. The van der Waals surface area contributed by atoms with E-state index in [-0.39, 0.29) is 11.3 Å². The summed E-state index contributed by atoms with van der Waals surface area (Å²) in [6, 6.07) is 4.09. The van der Waals surface area contributed by atoms with Crippen molar-refractivity contribution in [2.24, 2.45) is 0 Å². The molecule has 0 saturated heterocycles. The van der Waals surface area contributed by atoms with Gasteiger partial charge in [0.25, 0.3) is 5.92 Å². The molecule has 0 aliphatic heterocycles. The monoisotopic (exact) mass is 275 g/mol. The van der Waals surface area contributed by atoms with Gasteiger partial charge in [0.2, 0.25) is 0 Å². The Kier molecular flexibility index (Phi) is 5.98. The van der Waals surface area contributed by atoms with Crippen molar-refractivity contribution in [1.29, 1.82) is 0 Å². The van der Waals surface area contributed by atoms with Crippen LogP contribution in [0.1, 0.15) is 5.56 Å². The number of methoxy groups -OCH3 is 3. The summed E-state index contributed by atoms with van der Waals surface area (Å²) in [7, 11) is 4.40. The van der Waals surface area contributed by atoms with Gasteiger partial charge in [-0.2, -0.15) is 8.78 Å². The summed E-state index contributed by atoms with van der Waals surface area (Å²) in [6.45, 7) is 0.313. The number of benzene rings is 1. The van der Waals surface area contributed by atoms with E-state index >= 15 is 0 Å². The highest BCUT2D eigenvalue weighted by Gasteiger charge is 2.31. The molecule has 1 N–H and O–H groups in total. The van der Waals surface area contributed by atoms with Gasteiger partial charge in [0, 0.05) is 19.2 Å². The van der Waals surface area contributed by atoms with E-state index in [0.717, 1.165) is 0 Å². The first-order chi connectivity index (χ1) is 9.05. The number of halogens is 2. The van der Waals surface area contributed by atoms with E-state index in [0.29, 0.717) is 18.9 Å². The Morgan fingerprint density at radius 2 is 1.79 bits per heavy atom. The molecule has 0 radical (unpaired) electrons. The van der Waals surface area contributed by atoms with Crippen LogP contribution in [0.25, 0.3) is 0 Å². The zero-order valence-electron chi connectivity index (χ0n) is 11.3. The maximum atomic E-state index is 13.9. The van der Waals surface area contributed by atoms with E-state index in [2.05, 4.69) is 5.32 Å². The lowest BCUT2D eigenvalue weighted by molar-refractivity contribution is -0.00437. The van der Waals surface area contributed by atoms with Crippen LogP contribution in [-0.2, 0) is 10.7 Å². The summed E-state index contributed by atoms with van der Waals surface area (Å²) < 4.78 is 42.7. The molecule has 6 heteroatoms. The second-order valence-electron chi connectivity index (χ2n) is 3.94. The first kappa shape index (κ1) is 15.7. The number of rotatable bonds is 8. The van der Waals surface area contributed by atoms with Crippen LogP contribution in [-0.4, -0.2) is 41.0 Å². The third-order valence-corrected chi connectivity index (χ3v) is 2.64. The average Bonchev–Trinajstić information content (AvgIpc) is 2.42. The van der Waals surface area contributed by atoms with Gasteiger partial charge in [-0.3, -0.25) is 0 Å². The summed E-state index contributed by atoms with van der Waals surface area (Å²) in [5.41, 5.74) is -0.116. The molecule has 108 valence electrons. The third kappa shape index (κ3) is 4.33. The molecule has 0 amide bonds. The third-order valence-electron chi connectivity index (χ3n) is 2.64. The zero-order chi connectivity index (χ0) is 14.3. The molecule has 0 fully saturated rings. The molecule has 1 aromatic rings. The van der Waals surface area contributed by atoms with Crippen molar-refractivity contribution in [2.45, 2.75) is 5.92 Å². The van der Waals surface area contributed by atoms with Crippen LogP contribution in [0.3, 0.4) is 0 Å². The van der Waals surface area contributed by atoms with Crippen molar-refractivity contribution in [2.75, 3.05) is 41.0 Å². The number of hydrogen-bond acceptors (Lipinski definition) is 4. The Labute approximate surface area is 111 Å². The van der Waals surface area contributed by atoms with Crippen LogP contribution in [0.2, 0.25) is 0 Å². The number of alkyl halides is 2. The van der Waals surface area contributed by atoms with Crippen molar-refractivity contribution in [3.8, 4) is 11.5 Å². The smallest absolute Gasteiger partial charge is 0.285 e. The second-order valence-corrected chi connectivity index (χ2v) is 3.94. The quantitative estimate of drug-likeness (QED) is 0.737. The molecule has 0 aliphatic rings. The fraction of sp³-hybridized carbons (Fsp3) is 0.538. The lowest BCUT2D eigenvalue weighted by Crippen LogP contribution is -2.32. The molecule has 0 atom stereocenters. The molecule has 0 heterocycles. The van der Waals surface area contributed by atoms with Gasteiger partial charge in [0.15, 0.2) is 11.5 Å². The molecule has 4 nitrogen and oxygen atoms in total. The molecule has 0 bridgehead atoms. The van der Waals surface area contributed by atoms with Gasteiger partial charge in [-0.25, -0.2) is 0 Å². The van der Waals surface area contributed by atoms with Gasteiger partial charge in [0.1, 0.15) is 0 Å². The maximum absolute atomic E-state index is 13.9. The Bertz CT molecular complexity index is 399. The Morgan fingerprint density at radius 1 is 1.11 bits per heavy atom. The Hall–Kier alpha value is -1.40. The van der Waals surface area contributed by atoms with Crippen LogP contribution >= 0.6 is 0 Å². The van der Waals surface area contributed by atoms with E-state index in [1.165, 1.54) is 39.5 Å². The van der Waals surface area contributed by atoms with Crippen LogP contribution in [0.15, 0.2) is 18.2 Å². The highest BCUT2D eigenvalue weighted by Crippen LogP contribution is 2.34. The molecule has 19 heavy (non-hydrogen) atoms. The van der Waals surface area contributed by atoms with E-state index in [1.807, 2.05) is 0 Å². The largest absolute Gasteiger partial charge is 0.493 e. The Balaban J connectivity index is 2.76. The first-order valence-corrected chi connectivity index (χ1v) is 5.85. The number of nitrogens with one attached hydrogen (secondary N) is 1. The zero-order valence-corrected chi connectivity index (χ0v) is 11.3. The van der Waals surface area contributed by atoms with Gasteiger partial charge in [-0.1, -0.05) is 0 Å². The van der Waals surface area contributed by atoms with Crippen LogP contribution in [0.5, 0.6) is 11.5 Å². The highest BCUT2D eigenvalue weighted by molar-refractivity contribution is 5.44. The van der Waals surface area contributed by atoms with E-state index < -0.39 is 12.5 Å². The summed E-state index contributed by atoms with van der Waals surface area (Å²) in [5, 5.41) is 2.64. The maximum Gasteiger partial charge on any atom is 0.285 e. The van der Waals surface area contributed by atoms with Gasteiger partial charge in [0.05, 0.1) is 27.4 Å². The van der Waals surface area contributed by atoms with Crippen LogP contribution < -0.4 is 14.8 Å². The summed E-state index contributed by atoms with van der Waals surface area (Å²) in [4.78, 5) is 0. The lowest BCUT2D eigenvalue weighted by Gasteiger charge is -2.19. The van der Waals surface area contributed by atoms with Crippen LogP contribution in [0, 0.1) is 0 Å². The standard InChI is InChI=1S/C13H19F2NO3/c1-17-7-6-16-9-13(14,15)10-4-5-11(18-2)12(8-10)19-3/h4-5,8,16H,6-7,9H2,1-3H3. The van der Waals surface area contributed by atoms with Crippen molar-refractivity contribution in [3.05, 3.63) is 23.8 Å². The Morgan fingerprint density at radius 3 is 2.37 bits per heavy atom. The molecule has 1 rings (SSSR count). The predicted octanol–water partition coefficient (Wildman–Crippen LogP) is 2.03. The minimum absolute atomic E-state index is 0.116. The topological polar surface area (TPSA) is 39.7 Å². The van der Waals surface area contributed by atoms with E-state index in [4.69, 9.17) is 14.2 Å². The van der Waals surface area contributed by atoms with Crippen molar-refractivity contribution in [3.63, 3.8) is 0 Å². The van der Waals surface area contributed by atoms with Gasteiger partial charge < -0.3 is 19.5 Å². The summed E-state index contributed by atoms with van der Waals surface area (Å²) in [5.74, 6) is -2.27. The molecule has 0 spiro atoms. The van der Waals surface area contributed by atoms with Crippen LogP contribution in [0.4, 0.5) is 8.78 Å². The molecule has 0 aromatic heterocycles. The molecular weight excluding hydrogens is 256 g/mol. The average molecular weight is 275 g/mol. The summed E-state index contributed by atoms with van der Waals surface area (Å²) in [6.07, 6.45) is 0. The number of hydrogen-bond donors (Lipinski definition) is 1. The van der Waals surface area contributed by atoms with Gasteiger partial charge >= 0.3 is 0 Å². The molecule has 1 aromatic carbocycles. The highest BCUT2D eigenvalue weighted by atomic mass is 19.3. The number of ether oxygens (including phenoxy) is 3. The fourth-order valence-electron chi connectivity index (χ4n) is 1.59. The fourth-order valence-corrected chi connectivity index (χ4v) is 1.59. The molecule has 0 unspecified atom stereocenters. The van der Waals surface area contributed by atoms with Crippen molar-refractivity contribution >= 4 is 0 Å². The normalized spacial score (nSPS) is 11.4. The molecular formula is C13H19F2NO3. The predicted molar refractivity (Wildman–Crippen MR) is 68.2 cm³/mol. The van der Waals surface area contributed by atoms with E-state index in [1.54, 1.807) is 0 Å². The SMILES string of the molecule is COCCNCC(F)(F)c1ccc(OC)c(OC)c1. The summed E-state index contributed by atoms with van der Waals surface area (Å²) >= 11 is 0. The van der Waals surface area contributed by atoms with Crippen molar-refractivity contribution in [1.82, 2.24) is 5.32 Å².